The van der Waals surface area contributed by atoms with Crippen molar-refractivity contribution in [1.82, 2.24) is 5.32 Å². The molecule has 2 N–H and O–H groups in total. The van der Waals surface area contributed by atoms with Crippen molar-refractivity contribution in [2.75, 3.05) is 0 Å². The fraction of sp³-hybridized carbons (Fsp3) is 0.500. The van der Waals surface area contributed by atoms with Crippen molar-refractivity contribution in [3.8, 4) is 0 Å². The van der Waals surface area contributed by atoms with E-state index in [1.807, 2.05) is 0 Å². The van der Waals surface area contributed by atoms with E-state index in [4.69, 9.17) is 11.6 Å². The van der Waals surface area contributed by atoms with E-state index in [0.29, 0.717) is 12.8 Å². The van der Waals surface area contributed by atoms with Crippen LogP contribution in [0.3, 0.4) is 0 Å². The summed E-state index contributed by atoms with van der Waals surface area (Å²) in [7, 11) is 0. The van der Waals surface area contributed by atoms with E-state index in [1.165, 1.54) is 12.1 Å². The minimum Gasteiger partial charge on any atom is -0.389 e. The molecular formula is C14H17ClFNO2. The third-order valence-corrected chi connectivity index (χ3v) is 3.79. The van der Waals surface area contributed by atoms with Crippen LogP contribution in [-0.4, -0.2) is 16.6 Å². The molecule has 0 heterocycles. The number of benzene rings is 1. The highest BCUT2D eigenvalue weighted by Crippen LogP contribution is 2.32. The van der Waals surface area contributed by atoms with Gasteiger partial charge in [0.25, 0.3) is 0 Å². The molecule has 0 spiro atoms. The van der Waals surface area contributed by atoms with Crippen LogP contribution in [0.4, 0.5) is 4.39 Å². The SMILES string of the molecule is O=C(CC1(O)CCCC1)NCc1ccc(F)c(Cl)c1. The van der Waals surface area contributed by atoms with Gasteiger partial charge in [0.15, 0.2) is 0 Å². The van der Waals surface area contributed by atoms with Crippen LogP contribution in [-0.2, 0) is 11.3 Å². The van der Waals surface area contributed by atoms with Crippen LogP contribution in [0.15, 0.2) is 18.2 Å². The van der Waals surface area contributed by atoms with Crippen LogP contribution in [0.25, 0.3) is 0 Å². The molecule has 0 unspecified atom stereocenters. The van der Waals surface area contributed by atoms with Crippen molar-refractivity contribution in [1.29, 1.82) is 0 Å². The van der Waals surface area contributed by atoms with Crippen LogP contribution in [0.2, 0.25) is 5.02 Å². The van der Waals surface area contributed by atoms with Crippen molar-refractivity contribution in [3.05, 3.63) is 34.6 Å². The van der Waals surface area contributed by atoms with Crippen LogP contribution in [0.1, 0.15) is 37.7 Å². The summed E-state index contributed by atoms with van der Waals surface area (Å²) in [5.41, 5.74) is -0.108. The molecule has 5 heteroatoms. The smallest absolute Gasteiger partial charge is 0.223 e. The van der Waals surface area contributed by atoms with E-state index in [1.54, 1.807) is 6.07 Å². The Morgan fingerprint density at radius 1 is 1.42 bits per heavy atom. The number of amides is 1. The van der Waals surface area contributed by atoms with Gasteiger partial charge >= 0.3 is 0 Å². The lowest BCUT2D eigenvalue weighted by Crippen LogP contribution is -2.34. The number of hydrogen-bond acceptors (Lipinski definition) is 2. The van der Waals surface area contributed by atoms with Gasteiger partial charge in [-0.2, -0.15) is 0 Å². The Bertz CT molecular complexity index is 473. The Kier molecular flexibility index (Phi) is 4.42. The van der Waals surface area contributed by atoms with Crippen LogP contribution >= 0.6 is 11.6 Å². The van der Waals surface area contributed by atoms with Gasteiger partial charge in [-0.25, -0.2) is 4.39 Å². The number of aliphatic hydroxyl groups is 1. The van der Waals surface area contributed by atoms with Gasteiger partial charge in [0.1, 0.15) is 5.82 Å². The van der Waals surface area contributed by atoms with Gasteiger partial charge in [0.2, 0.25) is 5.91 Å². The first kappa shape index (κ1) is 14.3. The molecule has 1 fully saturated rings. The standard InChI is InChI=1S/C14H17ClFNO2/c15-11-7-10(3-4-12(11)16)9-17-13(18)8-14(19)5-1-2-6-14/h3-4,7,19H,1-2,5-6,8-9H2,(H,17,18). The largest absolute Gasteiger partial charge is 0.389 e. The fourth-order valence-electron chi connectivity index (χ4n) is 2.42. The third kappa shape index (κ3) is 3.91. The lowest BCUT2D eigenvalue weighted by atomic mass is 9.97. The molecule has 2 rings (SSSR count). The zero-order chi connectivity index (χ0) is 13.9. The Morgan fingerprint density at radius 2 is 2.11 bits per heavy atom. The van der Waals surface area contributed by atoms with Crippen LogP contribution < -0.4 is 5.32 Å². The normalized spacial score (nSPS) is 17.4. The molecule has 1 aromatic rings. The fourth-order valence-corrected chi connectivity index (χ4v) is 2.62. The highest BCUT2D eigenvalue weighted by Gasteiger charge is 2.33. The zero-order valence-corrected chi connectivity index (χ0v) is 11.3. The first-order valence-corrected chi connectivity index (χ1v) is 6.79. The van der Waals surface area contributed by atoms with Gasteiger partial charge in [0.05, 0.1) is 17.0 Å². The van der Waals surface area contributed by atoms with Crippen molar-refractivity contribution >= 4 is 17.5 Å². The topological polar surface area (TPSA) is 49.3 Å². The lowest BCUT2D eigenvalue weighted by Gasteiger charge is -2.21. The number of carbonyl (C=O) groups excluding carboxylic acids is 1. The molecule has 0 radical (unpaired) electrons. The van der Waals surface area contributed by atoms with Crippen molar-refractivity contribution in [2.45, 2.75) is 44.2 Å². The first-order valence-electron chi connectivity index (χ1n) is 6.42. The maximum absolute atomic E-state index is 13.0. The highest BCUT2D eigenvalue weighted by atomic mass is 35.5. The molecule has 1 amide bonds. The summed E-state index contributed by atoms with van der Waals surface area (Å²) in [4.78, 5) is 11.8. The Labute approximate surface area is 116 Å². The maximum Gasteiger partial charge on any atom is 0.223 e. The van der Waals surface area contributed by atoms with E-state index in [-0.39, 0.29) is 23.9 Å². The van der Waals surface area contributed by atoms with E-state index >= 15 is 0 Å². The summed E-state index contributed by atoms with van der Waals surface area (Å²) >= 11 is 5.66. The molecule has 1 saturated carbocycles. The van der Waals surface area contributed by atoms with Crippen molar-refractivity contribution in [3.63, 3.8) is 0 Å². The van der Waals surface area contributed by atoms with E-state index in [9.17, 15) is 14.3 Å². The van der Waals surface area contributed by atoms with Gasteiger partial charge in [-0.15, -0.1) is 0 Å². The summed E-state index contributed by atoms with van der Waals surface area (Å²) in [5, 5.41) is 12.9. The Morgan fingerprint density at radius 3 is 2.74 bits per heavy atom. The van der Waals surface area contributed by atoms with E-state index in [0.717, 1.165) is 18.4 Å². The molecule has 19 heavy (non-hydrogen) atoms. The van der Waals surface area contributed by atoms with Gasteiger partial charge in [-0.3, -0.25) is 4.79 Å². The van der Waals surface area contributed by atoms with Gasteiger partial charge in [0, 0.05) is 6.54 Å². The second-order valence-corrected chi connectivity index (χ2v) is 5.54. The van der Waals surface area contributed by atoms with Crippen LogP contribution in [0, 0.1) is 5.82 Å². The van der Waals surface area contributed by atoms with Crippen molar-refractivity contribution < 1.29 is 14.3 Å². The van der Waals surface area contributed by atoms with Gasteiger partial charge < -0.3 is 10.4 Å². The molecule has 1 aliphatic carbocycles. The quantitative estimate of drug-likeness (QED) is 0.894. The summed E-state index contributed by atoms with van der Waals surface area (Å²) in [6.45, 7) is 0.287. The molecule has 3 nitrogen and oxygen atoms in total. The summed E-state index contributed by atoms with van der Waals surface area (Å²) < 4.78 is 13.0. The zero-order valence-electron chi connectivity index (χ0n) is 10.6. The lowest BCUT2D eigenvalue weighted by molar-refractivity contribution is -0.126. The summed E-state index contributed by atoms with van der Waals surface area (Å²) in [6, 6.07) is 4.33. The van der Waals surface area contributed by atoms with Crippen molar-refractivity contribution in [2.24, 2.45) is 0 Å². The van der Waals surface area contributed by atoms with E-state index in [2.05, 4.69) is 5.32 Å². The molecule has 0 aromatic heterocycles. The monoisotopic (exact) mass is 285 g/mol. The molecule has 0 atom stereocenters. The van der Waals surface area contributed by atoms with Gasteiger partial charge in [-0.05, 0) is 30.5 Å². The maximum atomic E-state index is 13.0. The average molecular weight is 286 g/mol. The highest BCUT2D eigenvalue weighted by molar-refractivity contribution is 6.30. The summed E-state index contributed by atoms with van der Waals surface area (Å²) in [5.74, 6) is -0.665. The Hall–Kier alpha value is -1.13. The van der Waals surface area contributed by atoms with Crippen LogP contribution in [0.5, 0.6) is 0 Å². The molecule has 0 bridgehead atoms. The molecule has 104 valence electrons. The second kappa shape index (κ2) is 5.88. The molecule has 1 aliphatic rings. The molecule has 0 saturated heterocycles. The predicted molar refractivity (Wildman–Crippen MR) is 71.3 cm³/mol. The van der Waals surface area contributed by atoms with Gasteiger partial charge in [-0.1, -0.05) is 30.5 Å². The first-order chi connectivity index (χ1) is 8.98. The summed E-state index contributed by atoms with van der Waals surface area (Å²) in [6.07, 6.45) is 3.43. The molecular weight excluding hydrogens is 269 g/mol. The second-order valence-electron chi connectivity index (χ2n) is 5.13. The molecule has 0 aliphatic heterocycles. The third-order valence-electron chi connectivity index (χ3n) is 3.50. The number of hydrogen-bond donors (Lipinski definition) is 2. The average Bonchev–Trinajstić information content (AvgIpc) is 2.77. The predicted octanol–water partition coefficient (Wildman–Crippen LogP) is 2.79. The number of rotatable bonds is 4. The minimum atomic E-state index is -0.843. The Balaban J connectivity index is 1.84. The number of carbonyl (C=O) groups is 1. The molecule has 1 aromatic carbocycles. The minimum absolute atomic E-state index is 0.0428. The number of nitrogens with one attached hydrogen (secondary N) is 1. The number of halogens is 2. The van der Waals surface area contributed by atoms with E-state index < -0.39 is 11.4 Å².